The minimum atomic E-state index is -1.66. The molecule has 0 aliphatic carbocycles. The molecular formula is C7H13NO3. The zero-order chi connectivity index (χ0) is 8.70. The number of hydrogen-bond donors (Lipinski definition) is 2. The lowest BCUT2D eigenvalue weighted by atomic mass is 10.0. The summed E-state index contributed by atoms with van der Waals surface area (Å²) in [6, 6.07) is 0. The molecule has 1 rings (SSSR count). The van der Waals surface area contributed by atoms with Crippen molar-refractivity contribution in [2.24, 2.45) is 0 Å². The van der Waals surface area contributed by atoms with Crippen molar-refractivity contribution in [3.8, 4) is 0 Å². The van der Waals surface area contributed by atoms with Crippen LogP contribution in [0, 0.1) is 0 Å². The molecule has 0 saturated carbocycles. The Kier molecular flexibility index (Phi) is 1.69. The van der Waals surface area contributed by atoms with E-state index in [9.17, 15) is 9.90 Å². The Hall–Kier alpha value is -0.610. The van der Waals surface area contributed by atoms with Gasteiger partial charge in [0.1, 0.15) is 0 Å². The molecule has 0 spiro atoms. The largest absolute Gasteiger partial charge is 0.358 e. The summed E-state index contributed by atoms with van der Waals surface area (Å²) in [6.07, 6.45) is 0. The molecule has 0 radical (unpaired) electrons. The van der Waals surface area contributed by atoms with E-state index < -0.39 is 11.7 Å². The number of aliphatic hydroxyl groups is 1. The number of morpholine rings is 1. The molecule has 4 heteroatoms. The van der Waals surface area contributed by atoms with Crippen LogP contribution in [0.15, 0.2) is 0 Å². The number of carbonyl (C=O) groups is 1. The van der Waals surface area contributed by atoms with Crippen molar-refractivity contribution in [3.05, 3.63) is 0 Å². The highest BCUT2D eigenvalue weighted by molar-refractivity contribution is 5.84. The lowest BCUT2D eigenvalue weighted by Crippen LogP contribution is -2.62. The molecular weight excluding hydrogens is 146 g/mol. The molecule has 64 valence electrons. The third kappa shape index (κ3) is 1.70. The third-order valence-corrected chi connectivity index (χ3v) is 1.59. The summed E-state index contributed by atoms with van der Waals surface area (Å²) in [4.78, 5) is 11.0. The second kappa shape index (κ2) is 2.19. The predicted octanol–water partition coefficient (Wildman–Crippen LogP) is -0.380. The summed E-state index contributed by atoms with van der Waals surface area (Å²) in [6.45, 7) is 5.32. The average molecular weight is 159 g/mol. The summed E-state index contributed by atoms with van der Waals surface area (Å²) < 4.78 is 4.94. The van der Waals surface area contributed by atoms with Crippen molar-refractivity contribution in [3.63, 3.8) is 0 Å². The summed E-state index contributed by atoms with van der Waals surface area (Å²) in [5, 5.41) is 11.9. The Labute approximate surface area is 65.5 Å². The normalized spacial score (nSPS) is 36.5. The first-order valence-corrected chi connectivity index (χ1v) is 3.52. The molecule has 2 N–H and O–H groups in total. The van der Waals surface area contributed by atoms with Crippen LogP contribution in [0.2, 0.25) is 0 Å². The summed E-state index contributed by atoms with van der Waals surface area (Å²) in [7, 11) is 0. The average Bonchev–Trinajstić information content (AvgIpc) is 1.81. The van der Waals surface area contributed by atoms with Crippen LogP contribution in [0.4, 0.5) is 0 Å². The van der Waals surface area contributed by atoms with Gasteiger partial charge in [0.05, 0.1) is 12.1 Å². The molecule has 4 nitrogen and oxygen atoms in total. The number of ether oxygens (including phenoxy) is 1. The van der Waals surface area contributed by atoms with E-state index >= 15 is 0 Å². The lowest BCUT2D eigenvalue weighted by Gasteiger charge is -2.37. The highest BCUT2D eigenvalue weighted by Crippen LogP contribution is 2.17. The van der Waals surface area contributed by atoms with Gasteiger partial charge in [0.2, 0.25) is 5.79 Å². The Morgan fingerprint density at radius 2 is 2.09 bits per heavy atom. The number of rotatable bonds is 0. The maximum atomic E-state index is 11.0. The van der Waals surface area contributed by atoms with E-state index in [4.69, 9.17) is 4.74 Å². The van der Waals surface area contributed by atoms with Gasteiger partial charge in [-0.3, -0.25) is 4.79 Å². The van der Waals surface area contributed by atoms with Crippen LogP contribution in [0.3, 0.4) is 0 Å². The Balaban J connectivity index is 2.71. The molecule has 1 saturated heterocycles. The van der Waals surface area contributed by atoms with Gasteiger partial charge in [-0.2, -0.15) is 0 Å². The number of hydrogen-bond acceptors (Lipinski definition) is 3. The van der Waals surface area contributed by atoms with E-state index in [1.54, 1.807) is 0 Å². The molecule has 0 aromatic rings. The van der Waals surface area contributed by atoms with E-state index in [0.29, 0.717) is 6.61 Å². The van der Waals surface area contributed by atoms with Crippen molar-refractivity contribution in [1.82, 2.24) is 5.32 Å². The van der Waals surface area contributed by atoms with E-state index in [-0.39, 0.29) is 5.54 Å². The SMILES string of the molecule is CC1(C)COC(C)(O)C(=O)N1. The first-order chi connectivity index (χ1) is 4.83. The van der Waals surface area contributed by atoms with Gasteiger partial charge in [-0.25, -0.2) is 0 Å². The van der Waals surface area contributed by atoms with Crippen LogP contribution in [0.5, 0.6) is 0 Å². The van der Waals surface area contributed by atoms with Crippen molar-refractivity contribution in [1.29, 1.82) is 0 Å². The van der Waals surface area contributed by atoms with Gasteiger partial charge < -0.3 is 15.2 Å². The first-order valence-electron chi connectivity index (χ1n) is 3.52. The quantitative estimate of drug-likeness (QED) is 0.506. The van der Waals surface area contributed by atoms with Crippen LogP contribution in [0.25, 0.3) is 0 Å². The van der Waals surface area contributed by atoms with Gasteiger partial charge in [-0.1, -0.05) is 0 Å². The molecule has 1 aliphatic heterocycles. The number of nitrogens with one attached hydrogen (secondary N) is 1. The van der Waals surface area contributed by atoms with E-state index in [2.05, 4.69) is 5.32 Å². The topological polar surface area (TPSA) is 58.6 Å². The first kappa shape index (κ1) is 8.49. The minimum absolute atomic E-state index is 0.325. The smallest absolute Gasteiger partial charge is 0.280 e. The molecule has 1 amide bonds. The van der Waals surface area contributed by atoms with Crippen LogP contribution in [-0.4, -0.2) is 28.9 Å². The Bertz CT molecular complexity index is 186. The second-order valence-corrected chi connectivity index (χ2v) is 3.61. The third-order valence-electron chi connectivity index (χ3n) is 1.59. The molecule has 1 fully saturated rings. The van der Waals surface area contributed by atoms with Gasteiger partial charge >= 0.3 is 0 Å². The fraction of sp³-hybridized carbons (Fsp3) is 0.857. The summed E-state index contributed by atoms with van der Waals surface area (Å²) >= 11 is 0. The fourth-order valence-electron chi connectivity index (χ4n) is 0.846. The maximum Gasteiger partial charge on any atom is 0.280 e. The Morgan fingerprint density at radius 3 is 2.45 bits per heavy atom. The minimum Gasteiger partial charge on any atom is -0.358 e. The van der Waals surface area contributed by atoms with Crippen LogP contribution in [0.1, 0.15) is 20.8 Å². The number of amides is 1. The number of carbonyl (C=O) groups excluding carboxylic acids is 1. The summed E-state index contributed by atoms with van der Waals surface area (Å²) in [5.74, 6) is -2.14. The van der Waals surface area contributed by atoms with Crippen LogP contribution >= 0.6 is 0 Å². The van der Waals surface area contributed by atoms with E-state index in [0.717, 1.165) is 0 Å². The molecule has 1 heterocycles. The highest BCUT2D eigenvalue weighted by atomic mass is 16.6. The van der Waals surface area contributed by atoms with Crippen molar-refractivity contribution in [2.45, 2.75) is 32.1 Å². The highest BCUT2D eigenvalue weighted by Gasteiger charge is 2.41. The van der Waals surface area contributed by atoms with Gasteiger partial charge in [0.25, 0.3) is 5.91 Å². The van der Waals surface area contributed by atoms with Gasteiger partial charge in [-0.05, 0) is 20.8 Å². The van der Waals surface area contributed by atoms with Crippen LogP contribution < -0.4 is 5.32 Å². The predicted molar refractivity (Wildman–Crippen MR) is 38.8 cm³/mol. The van der Waals surface area contributed by atoms with Crippen molar-refractivity contribution < 1.29 is 14.6 Å². The van der Waals surface area contributed by atoms with E-state index in [1.165, 1.54) is 6.92 Å². The molecule has 0 bridgehead atoms. The van der Waals surface area contributed by atoms with Gasteiger partial charge in [-0.15, -0.1) is 0 Å². The molecule has 1 atom stereocenters. The fourth-order valence-corrected chi connectivity index (χ4v) is 0.846. The molecule has 1 unspecified atom stereocenters. The monoisotopic (exact) mass is 159 g/mol. The van der Waals surface area contributed by atoms with Gasteiger partial charge in [0.15, 0.2) is 0 Å². The molecule has 0 aromatic heterocycles. The zero-order valence-electron chi connectivity index (χ0n) is 6.97. The van der Waals surface area contributed by atoms with Crippen LogP contribution in [-0.2, 0) is 9.53 Å². The van der Waals surface area contributed by atoms with Crippen molar-refractivity contribution in [2.75, 3.05) is 6.61 Å². The van der Waals surface area contributed by atoms with Gasteiger partial charge in [0, 0.05) is 0 Å². The molecule has 1 aliphatic rings. The lowest BCUT2D eigenvalue weighted by molar-refractivity contribution is -0.220. The second-order valence-electron chi connectivity index (χ2n) is 3.61. The molecule has 0 aromatic carbocycles. The Morgan fingerprint density at radius 1 is 1.55 bits per heavy atom. The zero-order valence-corrected chi connectivity index (χ0v) is 6.97. The van der Waals surface area contributed by atoms with Crippen molar-refractivity contribution >= 4 is 5.91 Å². The summed E-state index contributed by atoms with van der Waals surface area (Å²) in [5.41, 5.74) is -0.376. The van der Waals surface area contributed by atoms with E-state index in [1.807, 2.05) is 13.8 Å². The maximum absolute atomic E-state index is 11.0. The molecule has 11 heavy (non-hydrogen) atoms. The standard InChI is InChI=1S/C7H13NO3/c1-6(2)4-11-7(3,10)5(9)8-6/h10H,4H2,1-3H3,(H,8,9).